The highest BCUT2D eigenvalue weighted by Crippen LogP contribution is 2.63. The summed E-state index contributed by atoms with van der Waals surface area (Å²) in [7, 11) is 0. The van der Waals surface area contributed by atoms with Gasteiger partial charge in [0.2, 0.25) is 0 Å². The number of halogens is 1. The molecule has 5 aliphatic carbocycles. The molecule has 2 nitrogen and oxygen atoms in total. The summed E-state index contributed by atoms with van der Waals surface area (Å²) < 4.78 is 0. The van der Waals surface area contributed by atoms with Gasteiger partial charge < -0.3 is 5.11 Å². The van der Waals surface area contributed by atoms with Gasteiger partial charge in [-0.1, -0.05) is 46.3 Å². The van der Waals surface area contributed by atoms with Gasteiger partial charge in [0, 0.05) is 18.3 Å². The van der Waals surface area contributed by atoms with E-state index in [4.69, 9.17) is 0 Å². The van der Waals surface area contributed by atoms with Crippen molar-refractivity contribution in [1.29, 1.82) is 0 Å². The third kappa shape index (κ3) is 3.14. The molecule has 0 spiro atoms. The van der Waals surface area contributed by atoms with Crippen LogP contribution in [0.4, 0.5) is 0 Å². The van der Waals surface area contributed by atoms with Gasteiger partial charge >= 0.3 is 0 Å². The van der Waals surface area contributed by atoms with Crippen molar-refractivity contribution < 1.29 is 9.90 Å². The minimum Gasteiger partial charge on any atom is -0.377 e. The molecule has 0 aromatic heterocycles. The summed E-state index contributed by atoms with van der Waals surface area (Å²) >= 11 is 3.42. The van der Waals surface area contributed by atoms with E-state index in [1.165, 1.54) is 37.7 Å². The van der Waals surface area contributed by atoms with E-state index in [0.29, 0.717) is 28.9 Å². The van der Waals surface area contributed by atoms with Gasteiger partial charge in [-0.2, -0.15) is 0 Å². The standard InChI is InChI=1S/C25H33BrO2/c1-24-11-9-19-18-10-13-25(28,12-8-16-2-3-16)14-17(18)4-5-20(19)21(24)6-7-22(24)23(27)15-26/h4,16,18-22,28H,2-3,5-7,9-11,13-15H2,1H3/t18-,19+,20?,21-,22+,24-,25+/m0/s1. The van der Waals surface area contributed by atoms with Gasteiger partial charge in [0.15, 0.2) is 0 Å². The summed E-state index contributed by atoms with van der Waals surface area (Å²) in [6, 6.07) is 0. The van der Waals surface area contributed by atoms with Crippen LogP contribution in [0.5, 0.6) is 0 Å². The lowest BCUT2D eigenvalue weighted by Gasteiger charge is -2.54. The summed E-state index contributed by atoms with van der Waals surface area (Å²) in [4.78, 5) is 12.5. The van der Waals surface area contributed by atoms with Gasteiger partial charge in [0.1, 0.15) is 11.4 Å². The molecule has 5 rings (SSSR count). The minimum atomic E-state index is -0.776. The Labute approximate surface area is 178 Å². The predicted octanol–water partition coefficient (Wildman–Crippen LogP) is 5.28. The molecule has 7 atom stereocenters. The van der Waals surface area contributed by atoms with Gasteiger partial charge in [-0.3, -0.25) is 4.79 Å². The Morgan fingerprint density at radius 2 is 2.00 bits per heavy atom. The number of allylic oxidation sites excluding steroid dienone is 1. The topological polar surface area (TPSA) is 37.3 Å². The smallest absolute Gasteiger partial charge is 0.147 e. The average molecular weight is 445 g/mol. The van der Waals surface area contributed by atoms with E-state index in [9.17, 15) is 9.90 Å². The molecule has 0 heterocycles. The van der Waals surface area contributed by atoms with E-state index in [0.717, 1.165) is 43.9 Å². The van der Waals surface area contributed by atoms with E-state index >= 15 is 0 Å². The lowest BCUT2D eigenvalue weighted by molar-refractivity contribution is -0.126. The van der Waals surface area contributed by atoms with Crippen molar-refractivity contribution in [3.8, 4) is 11.8 Å². The van der Waals surface area contributed by atoms with Crippen molar-refractivity contribution in [3.05, 3.63) is 11.6 Å². The molecular formula is C25H33BrO2. The molecule has 4 fully saturated rings. The van der Waals surface area contributed by atoms with Gasteiger partial charge in [0.05, 0.1) is 5.33 Å². The fraction of sp³-hybridized carbons (Fsp3) is 0.800. The number of ketones is 1. The van der Waals surface area contributed by atoms with E-state index in [-0.39, 0.29) is 11.3 Å². The molecule has 0 aliphatic heterocycles. The molecule has 1 unspecified atom stereocenters. The van der Waals surface area contributed by atoms with E-state index in [1.807, 2.05) is 0 Å². The number of hydrogen-bond donors (Lipinski definition) is 1. The molecule has 28 heavy (non-hydrogen) atoms. The maximum absolute atomic E-state index is 12.5. The summed E-state index contributed by atoms with van der Waals surface area (Å²) in [5, 5.41) is 11.6. The van der Waals surface area contributed by atoms with Crippen LogP contribution in [-0.2, 0) is 4.79 Å². The highest BCUT2D eigenvalue weighted by molar-refractivity contribution is 9.09. The second-order valence-electron chi connectivity index (χ2n) is 10.6. The zero-order valence-electron chi connectivity index (χ0n) is 17.1. The highest BCUT2D eigenvalue weighted by Gasteiger charge is 2.57. The Morgan fingerprint density at radius 3 is 2.75 bits per heavy atom. The molecule has 5 aliphatic rings. The number of rotatable bonds is 2. The third-order valence-electron chi connectivity index (χ3n) is 9.11. The van der Waals surface area contributed by atoms with Crippen LogP contribution in [-0.4, -0.2) is 21.8 Å². The summed E-state index contributed by atoms with van der Waals surface area (Å²) in [5.74, 6) is 10.7. The average Bonchev–Trinajstić information content (AvgIpc) is 3.45. The molecule has 1 N–H and O–H groups in total. The quantitative estimate of drug-likeness (QED) is 0.357. The molecule has 0 amide bonds. The lowest BCUT2D eigenvalue weighted by Crippen LogP contribution is -2.48. The Bertz CT molecular complexity index is 756. The summed E-state index contributed by atoms with van der Waals surface area (Å²) in [6.45, 7) is 2.42. The number of Topliss-reactive ketones (excluding diaryl/α,β-unsaturated/α-hetero) is 1. The number of fused-ring (bicyclic) bond motifs is 5. The number of aliphatic hydroxyl groups is 1. The second kappa shape index (κ2) is 6.98. The fourth-order valence-corrected chi connectivity index (χ4v) is 7.88. The number of alkyl halides is 1. The van der Waals surface area contributed by atoms with Crippen LogP contribution in [0.2, 0.25) is 0 Å². The van der Waals surface area contributed by atoms with Crippen LogP contribution in [0.15, 0.2) is 11.6 Å². The molecule has 0 radical (unpaired) electrons. The number of hydrogen-bond acceptors (Lipinski definition) is 2. The molecule has 0 saturated heterocycles. The predicted molar refractivity (Wildman–Crippen MR) is 115 cm³/mol. The summed E-state index contributed by atoms with van der Waals surface area (Å²) in [5.41, 5.74) is 0.930. The van der Waals surface area contributed by atoms with Gasteiger partial charge in [-0.25, -0.2) is 0 Å². The number of carbonyl (C=O) groups is 1. The maximum Gasteiger partial charge on any atom is 0.147 e. The fourth-order valence-electron chi connectivity index (χ4n) is 7.49. The molecule has 3 heteroatoms. The van der Waals surface area contributed by atoms with Gasteiger partial charge in [0.25, 0.3) is 0 Å². The first kappa shape index (κ1) is 19.4. The van der Waals surface area contributed by atoms with Crippen molar-refractivity contribution in [2.24, 2.45) is 40.9 Å². The summed E-state index contributed by atoms with van der Waals surface area (Å²) in [6.07, 6.45) is 13.6. The minimum absolute atomic E-state index is 0.211. The first-order valence-corrected chi connectivity index (χ1v) is 12.6. The second-order valence-corrected chi connectivity index (χ2v) is 11.2. The van der Waals surface area contributed by atoms with Crippen LogP contribution >= 0.6 is 15.9 Å². The van der Waals surface area contributed by atoms with Crippen LogP contribution < -0.4 is 0 Å². The molecule has 0 aromatic rings. The normalized spacial score (nSPS) is 47.1. The van der Waals surface area contributed by atoms with Crippen molar-refractivity contribution in [2.75, 3.05) is 5.33 Å². The van der Waals surface area contributed by atoms with E-state index < -0.39 is 5.60 Å². The Hall–Kier alpha value is -0.590. The maximum atomic E-state index is 12.5. The van der Waals surface area contributed by atoms with E-state index in [1.54, 1.807) is 0 Å². The van der Waals surface area contributed by atoms with E-state index in [2.05, 4.69) is 40.8 Å². The Morgan fingerprint density at radius 1 is 1.18 bits per heavy atom. The molecule has 0 aromatic carbocycles. The van der Waals surface area contributed by atoms with Gasteiger partial charge in [-0.05, 0) is 86.9 Å². The first-order chi connectivity index (χ1) is 13.4. The van der Waals surface area contributed by atoms with Crippen LogP contribution in [0.25, 0.3) is 0 Å². The zero-order valence-corrected chi connectivity index (χ0v) is 18.6. The zero-order chi connectivity index (χ0) is 19.5. The van der Waals surface area contributed by atoms with Crippen LogP contribution in [0.3, 0.4) is 0 Å². The Balaban J connectivity index is 1.35. The largest absolute Gasteiger partial charge is 0.377 e. The van der Waals surface area contributed by atoms with Crippen molar-refractivity contribution in [3.63, 3.8) is 0 Å². The molecule has 0 bridgehead atoms. The van der Waals surface area contributed by atoms with Crippen LogP contribution in [0, 0.1) is 52.8 Å². The molecule has 4 saturated carbocycles. The van der Waals surface area contributed by atoms with Crippen molar-refractivity contribution in [2.45, 2.75) is 76.7 Å². The SMILES string of the molecule is C[C@]12CC[C@H]3C(CC=C4C[C@@](O)(C#CC5CC5)CC[C@@H]43)[C@@H]1CC[C@@H]2C(=O)CBr. The number of carbonyl (C=O) groups excluding carboxylic acids is 1. The van der Waals surface area contributed by atoms with Crippen molar-refractivity contribution in [1.82, 2.24) is 0 Å². The first-order valence-electron chi connectivity index (χ1n) is 11.5. The Kier molecular flexibility index (Phi) is 4.83. The highest BCUT2D eigenvalue weighted by atomic mass is 79.9. The van der Waals surface area contributed by atoms with Crippen LogP contribution in [0.1, 0.15) is 71.1 Å². The van der Waals surface area contributed by atoms with Crippen molar-refractivity contribution >= 4 is 21.7 Å². The van der Waals surface area contributed by atoms with Gasteiger partial charge in [-0.15, -0.1) is 0 Å². The monoisotopic (exact) mass is 444 g/mol. The third-order valence-corrected chi connectivity index (χ3v) is 9.66. The molecular weight excluding hydrogens is 412 g/mol. The lowest BCUT2D eigenvalue weighted by atomic mass is 9.51. The molecule has 152 valence electrons.